The molecule has 2 aromatic carbocycles. The molecular formula is C20H17FN4O4S. The monoisotopic (exact) mass is 428 g/mol. The summed E-state index contributed by atoms with van der Waals surface area (Å²) < 4.78 is 44.5. The molecule has 3 N–H and O–H groups in total. The fourth-order valence-electron chi connectivity index (χ4n) is 2.93. The van der Waals surface area contributed by atoms with Gasteiger partial charge in [0.05, 0.1) is 11.0 Å². The minimum atomic E-state index is -3.78. The number of nitrogens with one attached hydrogen (secondary N) is 3. The van der Waals surface area contributed by atoms with Gasteiger partial charge in [-0.15, -0.1) is 0 Å². The molecule has 2 aromatic heterocycles. The van der Waals surface area contributed by atoms with Crippen LogP contribution in [-0.4, -0.2) is 31.3 Å². The molecule has 0 unspecified atom stereocenters. The average molecular weight is 428 g/mol. The van der Waals surface area contributed by atoms with Gasteiger partial charge in [0, 0.05) is 12.1 Å². The Balaban J connectivity index is 1.52. The summed E-state index contributed by atoms with van der Waals surface area (Å²) in [4.78, 5) is 19.9. The zero-order valence-corrected chi connectivity index (χ0v) is 16.6. The number of sulfonamides is 1. The summed E-state index contributed by atoms with van der Waals surface area (Å²) in [6.45, 7) is 0. The second kappa shape index (κ2) is 7.73. The van der Waals surface area contributed by atoms with Crippen LogP contribution in [-0.2, 0) is 16.4 Å². The van der Waals surface area contributed by atoms with Gasteiger partial charge in [-0.25, -0.2) is 22.5 Å². The maximum absolute atomic E-state index is 13.9. The summed E-state index contributed by atoms with van der Waals surface area (Å²) in [7, 11) is -2.53. The van der Waals surface area contributed by atoms with E-state index in [1.807, 2.05) is 0 Å². The first-order valence-electron chi connectivity index (χ1n) is 8.92. The highest BCUT2D eigenvalue weighted by Crippen LogP contribution is 2.21. The van der Waals surface area contributed by atoms with Crippen molar-refractivity contribution in [2.24, 2.45) is 0 Å². The number of imidazole rings is 1. The molecule has 4 rings (SSSR count). The highest BCUT2D eigenvalue weighted by atomic mass is 32.2. The molecule has 0 atom stereocenters. The predicted octanol–water partition coefficient (Wildman–Crippen LogP) is 3.05. The van der Waals surface area contributed by atoms with E-state index in [1.54, 1.807) is 36.4 Å². The van der Waals surface area contributed by atoms with E-state index in [1.165, 1.54) is 25.2 Å². The van der Waals surface area contributed by atoms with Gasteiger partial charge in [-0.1, -0.05) is 18.2 Å². The average Bonchev–Trinajstić information content (AvgIpc) is 3.37. The van der Waals surface area contributed by atoms with Crippen LogP contribution in [0.4, 0.5) is 10.1 Å². The van der Waals surface area contributed by atoms with Crippen molar-refractivity contribution in [1.29, 1.82) is 0 Å². The molecule has 2 heterocycles. The first-order chi connectivity index (χ1) is 14.4. The lowest BCUT2D eigenvalue weighted by atomic mass is 10.1. The van der Waals surface area contributed by atoms with E-state index in [4.69, 9.17) is 4.42 Å². The summed E-state index contributed by atoms with van der Waals surface area (Å²) in [5.74, 6) is -0.456. The molecule has 0 spiro atoms. The van der Waals surface area contributed by atoms with Crippen LogP contribution in [0.5, 0.6) is 0 Å². The highest BCUT2D eigenvalue weighted by molar-refractivity contribution is 7.89. The maximum atomic E-state index is 13.9. The normalized spacial score (nSPS) is 11.7. The third-order valence-electron chi connectivity index (χ3n) is 4.44. The predicted molar refractivity (Wildman–Crippen MR) is 108 cm³/mol. The summed E-state index contributed by atoms with van der Waals surface area (Å²) in [5, 5.41) is 2.30. The Morgan fingerprint density at radius 2 is 1.97 bits per heavy atom. The van der Waals surface area contributed by atoms with Crippen LogP contribution < -0.4 is 10.0 Å². The number of halogens is 1. The molecular weight excluding hydrogens is 411 g/mol. The Labute approximate surface area is 171 Å². The standard InChI is InChI=1S/C20H17FN4O4S/c1-22-30(27,28)19-9-8-17(29-19)20(26)23-13-6-7-15-16(11-13)25-18(24-15)10-12-4-2-3-5-14(12)21/h2-9,11,22H,10H2,1H3,(H,23,26)(H,24,25). The fraction of sp³-hybridized carbons (Fsp3) is 0.100. The van der Waals surface area contributed by atoms with Gasteiger partial charge in [0.1, 0.15) is 11.6 Å². The molecule has 0 radical (unpaired) electrons. The van der Waals surface area contributed by atoms with E-state index in [0.29, 0.717) is 34.5 Å². The minimum absolute atomic E-state index is 0.145. The Hall–Kier alpha value is -3.50. The van der Waals surface area contributed by atoms with Crippen molar-refractivity contribution in [3.8, 4) is 0 Å². The molecule has 0 aliphatic rings. The van der Waals surface area contributed by atoms with Crippen LogP contribution in [0.2, 0.25) is 0 Å². The van der Waals surface area contributed by atoms with E-state index >= 15 is 0 Å². The molecule has 0 bridgehead atoms. The second-order valence-corrected chi connectivity index (χ2v) is 8.28. The third kappa shape index (κ3) is 3.95. The van der Waals surface area contributed by atoms with Gasteiger partial charge in [0.15, 0.2) is 5.76 Å². The van der Waals surface area contributed by atoms with Crippen molar-refractivity contribution in [3.63, 3.8) is 0 Å². The second-order valence-electron chi connectivity index (χ2n) is 6.46. The SMILES string of the molecule is CNS(=O)(=O)c1ccc(C(=O)Nc2ccc3nc(Cc4ccccc4F)[nH]c3c2)o1. The van der Waals surface area contributed by atoms with E-state index in [2.05, 4.69) is 20.0 Å². The number of rotatable bonds is 6. The molecule has 0 aliphatic heterocycles. The van der Waals surface area contributed by atoms with Crippen molar-refractivity contribution in [1.82, 2.24) is 14.7 Å². The molecule has 10 heteroatoms. The number of hydrogen-bond acceptors (Lipinski definition) is 5. The number of amides is 1. The van der Waals surface area contributed by atoms with Crippen molar-refractivity contribution in [2.75, 3.05) is 12.4 Å². The quantitative estimate of drug-likeness (QED) is 0.436. The van der Waals surface area contributed by atoms with Crippen LogP contribution in [0.1, 0.15) is 21.9 Å². The number of hydrogen-bond donors (Lipinski definition) is 3. The summed E-state index contributed by atoms with van der Waals surface area (Å²) in [6.07, 6.45) is 0.304. The van der Waals surface area contributed by atoms with Crippen LogP contribution >= 0.6 is 0 Å². The lowest BCUT2D eigenvalue weighted by Gasteiger charge is -2.03. The lowest BCUT2D eigenvalue weighted by molar-refractivity contribution is 0.0991. The first-order valence-corrected chi connectivity index (χ1v) is 10.4. The van der Waals surface area contributed by atoms with E-state index in [0.717, 1.165) is 0 Å². The Kier molecular flexibility index (Phi) is 5.10. The summed E-state index contributed by atoms with van der Waals surface area (Å²) >= 11 is 0. The Morgan fingerprint density at radius 1 is 1.17 bits per heavy atom. The Morgan fingerprint density at radius 3 is 2.73 bits per heavy atom. The maximum Gasteiger partial charge on any atom is 0.291 e. The zero-order valence-electron chi connectivity index (χ0n) is 15.8. The number of benzene rings is 2. The third-order valence-corrected chi connectivity index (χ3v) is 5.73. The van der Waals surface area contributed by atoms with Gasteiger partial charge >= 0.3 is 0 Å². The number of aromatic amines is 1. The highest BCUT2D eigenvalue weighted by Gasteiger charge is 2.19. The molecule has 0 saturated carbocycles. The number of anilines is 1. The van der Waals surface area contributed by atoms with Gasteiger partial charge in [0.2, 0.25) is 5.09 Å². The molecule has 0 fully saturated rings. The number of carbonyl (C=O) groups is 1. The lowest BCUT2D eigenvalue weighted by Crippen LogP contribution is -2.18. The number of furan rings is 1. The molecule has 0 aliphatic carbocycles. The number of aromatic nitrogens is 2. The van der Waals surface area contributed by atoms with E-state index < -0.39 is 15.9 Å². The molecule has 30 heavy (non-hydrogen) atoms. The van der Waals surface area contributed by atoms with Gasteiger partial charge in [-0.3, -0.25) is 4.79 Å². The summed E-state index contributed by atoms with van der Waals surface area (Å²) in [6, 6.07) is 14.0. The smallest absolute Gasteiger partial charge is 0.291 e. The number of nitrogens with zero attached hydrogens (tertiary/aromatic N) is 1. The Bertz CT molecular complexity index is 1340. The number of H-pyrrole nitrogens is 1. The van der Waals surface area contributed by atoms with Crippen LogP contribution in [0.25, 0.3) is 11.0 Å². The van der Waals surface area contributed by atoms with Gasteiger partial charge in [-0.2, -0.15) is 0 Å². The molecule has 8 nitrogen and oxygen atoms in total. The minimum Gasteiger partial charge on any atom is -0.438 e. The zero-order chi connectivity index (χ0) is 21.3. The first kappa shape index (κ1) is 19.8. The van der Waals surface area contributed by atoms with E-state index in [-0.39, 0.29) is 16.7 Å². The van der Waals surface area contributed by atoms with Crippen LogP contribution in [0.3, 0.4) is 0 Å². The van der Waals surface area contributed by atoms with Gasteiger partial charge < -0.3 is 14.7 Å². The molecule has 0 saturated heterocycles. The van der Waals surface area contributed by atoms with E-state index in [9.17, 15) is 17.6 Å². The fourth-order valence-corrected chi connectivity index (χ4v) is 3.57. The van der Waals surface area contributed by atoms with Crippen molar-refractivity contribution >= 4 is 32.7 Å². The van der Waals surface area contributed by atoms with Gasteiger partial charge in [0.25, 0.3) is 15.9 Å². The molecule has 1 amide bonds. The van der Waals surface area contributed by atoms with Crippen LogP contribution in [0, 0.1) is 5.82 Å². The summed E-state index contributed by atoms with van der Waals surface area (Å²) in [5.41, 5.74) is 2.31. The van der Waals surface area contributed by atoms with Gasteiger partial charge in [-0.05, 0) is 49.0 Å². The topological polar surface area (TPSA) is 117 Å². The number of fused-ring (bicyclic) bond motifs is 1. The van der Waals surface area contributed by atoms with Crippen molar-refractivity contribution in [2.45, 2.75) is 11.5 Å². The van der Waals surface area contributed by atoms with Crippen molar-refractivity contribution < 1.29 is 22.0 Å². The molecule has 154 valence electrons. The number of carbonyl (C=O) groups excluding carboxylic acids is 1. The largest absolute Gasteiger partial charge is 0.438 e. The van der Waals surface area contributed by atoms with Crippen LogP contribution in [0.15, 0.2) is 64.1 Å². The molecule has 4 aromatic rings. The van der Waals surface area contributed by atoms with Crippen molar-refractivity contribution in [3.05, 3.63) is 77.6 Å².